The lowest BCUT2D eigenvalue weighted by Crippen LogP contribution is -2.43. The van der Waals surface area contributed by atoms with E-state index in [2.05, 4.69) is 6.58 Å². The molecule has 0 aliphatic heterocycles. The van der Waals surface area contributed by atoms with Crippen LogP contribution in [0.3, 0.4) is 0 Å². The molecule has 5 N–H and O–H groups in total. The van der Waals surface area contributed by atoms with Crippen LogP contribution in [0.15, 0.2) is 24.8 Å². The minimum atomic E-state index is -1.46. The fourth-order valence-corrected chi connectivity index (χ4v) is 0.601. The number of aliphatic carboxylic acids is 1. The summed E-state index contributed by atoms with van der Waals surface area (Å²) in [5, 5.41) is 8.65. The second kappa shape index (κ2) is 4.69. The van der Waals surface area contributed by atoms with Gasteiger partial charge >= 0.3 is 5.97 Å². The molecule has 0 aromatic rings. The second-order valence-corrected chi connectivity index (χ2v) is 2.42. The summed E-state index contributed by atoms with van der Waals surface area (Å²) in [5.41, 5.74) is 9.18. The third kappa shape index (κ3) is 2.86. The Morgan fingerprint density at radius 1 is 1.67 bits per heavy atom. The number of carbonyl (C=O) groups is 1. The fourth-order valence-electron chi connectivity index (χ4n) is 0.601. The molecule has 0 radical (unpaired) electrons. The lowest BCUT2D eigenvalue weighted by atomic mass is 10.0. The van der Waals surface area contributed by atoms with Crippen LogP contribution in [0.4, 0.5) is 0 Å². The topological polar surface area (TPSA) is 89.3 Å². The molecule has 0 spiro atoms. The molecule has 68 valence electrons. The van der Waals surface area contributed by atoms with Crippen molar-refractivity contribution in [2.45, 2.75) is 12.0 Å². The van der Waals surface area contributed by atoms with Gasteiger partial charge in [-0.1, -0.05) is 18.2 Å². The highest BCUT2D eigenvalue weighted by molar-refractivity contribution is 5.83. The van der Waals surface area contributed by atoms with Gasteiger partial charge in [-0.25, -0.2) is 4.79 Å². The smallest absolute Gasteiger partial charge is 0.331 e. The predicted molar refractivity (Wildman–Crippen MR) is 47.6 cm³/mol. The van der Waals surface area contributed by atoms with E-state index in [1.807, 2.05) is 0 Å². The van der Waals surface area contributed by atoms with E-state index in [-0.39, 0.29) is 0 Å². The van der Waals surface area contributed by atoms with Crippen molar-refractivity contribution in [3.8, 4) is 0 Å². The largest absolute Gasteiger partial charge is 0.479 e. The second-order valence-electron chi connectivity index (χ2n) is 2.42. The van der Waals surface area contributed by atoms with Gasteiger partial charge in [-0.3, -0.25) is 0 Å². The molecule has 0 rings (SSSR count). The number of carboxylic acids is 1. The van der Waals surface area contributed by atoms with Crippen LogP contribution < -0.4 is 11.5 Å². The maximum absolute atomic E-state index is 10.6. The fraction of sp³-hybridized carbons (Fsp3) is 0.375. The summed E-state index contributed by atoms with van der Waals surface area (Å²) in [4.78, 5) is 10.6. The van der Waals surface area contributed by atoms with Crippen molar-refractivity contribution in [3.05, 3.63) is 24.8 Å². The maximum atomic E-state index is 10.6. The van der Waals surface area contributed by atoms with Crippen molar-refractivity contribution in [3.63, 3.8) is 0 Å². The summed E-state index contributed by atoms with van der Waals surface area (Å²) in [6.07, 6.45) is 4.81. The number of hydrogen-bond donors (Lipinski definition) is 3. The van der Waals surface area contributed by atoms with Crippen LogP contribution in [0.1, 0.15) is 6.42 Å². The van der Waals surface area contributed by atoms with Crippen LogP contribution in [0.2, 0.25) is 0 Å². The monoisotopic (exact) mass is 170 g/mol. The standard InChI is InChI=1S/C8H14N2O2/c1-2-8(10,7(11)12)5-3-4-6-9/h2-3,5H,1,4,6,9-10H2,(H,11,12). The number of nitrogens with two attached hydrogens (primary N) is 2. The van der Waals surface area contributed by atoms with Crippen molar-refractivity contribution < 1.29 is 9.90 Å². The summed E-state index contributed by atoms with van der Waals surface area (Å²) < 4.78 is 0. The Bertz CT molecular complexity index is 201. The van der Waals surface area contributed by atoms with Gasteiger partial charge in [0.05, 0.1) is 0 Å². The molecule has 0 saturated carbocycles. The Kier molecular flexibility index (Phi) is 4.25. The third-order valence-corrected chi connectivity index (χ3v) is 1.44. The highest BCUT2D eigenvalue weighted by atomic mass is 16.4. The summed E-state index contributed by atoms with van der Waals surface area (Å²) in [6.45, 7) is 3.82. The minimum Gasteiger partial charge on any atom is -0.479 e. The van der Waals surface area contributed by atoms with Gasteiger partial charge in [-0.15, -0.1) is 6.58 Å². The van der Waals surface area contributed by atoms with Crippen LogP contribution in [0.5, 0.6) is 0 Å². The first-order valence-electron chi connectivity index (χ1n) is 3.60. The van der Waals surface area contributed by atoms with Gasteiger partial charge in [0.25, 0.3) is 0 Å². The molecule has 0 aromatic heterocycles. The molecule has 0 saturated heterocycles. The molecule has 1 unspecified atom stereocenters. The SMILES string of the molecule is C=CC(N)(C=CCCN)C(=O)O. The molecule has 4 nitrogen and oxygen atoms in total. The van der Waals surface area contributed by atoms with Gasteiger partial charge in [0.15, 0.2) is 5.54 Å². The summed E-state index contributed by atoms with van der Waals surface area (Å²) in [6, 6.07) is 0. The van der Waals surface area contributed by atoms with E-state index in [1.54, 1.807) is 6.08 Å². The molecule has 0 aliphatic rings. The van der Waals surface area contributed by atoms with Crippen molar-refractivity contribution >= 4 is 5.97 Å². The Morgan fingerprint density at radius 3 is 2.58 bits per heavy atom. The van der Waals surface area contributed by atoms with Gasteiger partial charge in [0.2, 0.25) is 0 Å². The zero-order chi connectivity index (χ0) is 9.61. The molecule has 0 aliphatic carbocycles. The quantitative estimate of drug-likeness (QED) is 0.501. The normalized spacial score (nSPS) is 15.8. The lowest BCUT2D eigenvalue weighted by molar-refractivity contribution is -0.139. The Labute approximate surface area is 71.6 Å². The first-order valence-corrected chi connectivity index (χ1v) is 3.60. The average molecular weight is 170 g/mol. The van der Waals surface area contributed by atoms with Crippen LogP contribution in [-0.2, 0) is 4.79 Å². The Balaban J connectivity index is 4.33. The zero-order valence-electron chi connectivity index (χ0n) is 6.86. The molecule has 4 heteroatoms. The maximum Gasteiger partial charge on any atom is 0.331 e. The molecule has 0 amide bonds. The first kappa shape index (κ1) is 10.9. The van der Waals surface area contributed by atoms with Gasteiger partial charge in [-0.05, 0) is 13.0 Å². The van der Waals surface area contributed by atoms with Crippen molar-refractivity contribution in [2.24, 2.45) is 11.5 Å². The molecule has 1 atom stereocenters. The lowest BCUT2D eigenvalue weighted by Gasteiger charge is -2.14. The van der Waals surface area contributed by atoms with Gasteiger partial charge in [-0.2, -0.15) is 0 Å². The predicted octanol–water partition coefficient (Wildman–Crippen LogP) is -0.140. The van der Waals surface area contributed by atoms with Crippen LogP contribution in [-0.4, -0.2) is 23.2 Å². The van der Waals surface area contributed by atoms with E-state index >= 15 is 0 Å². The first-order chi connectivity index (χ1) is 5.56. The van der Waals surface area contributed by atoms with Gasteiger partial charge in [0, 0.05) is 0 Å². The molecular formula is C8H14N2O2. The van der Waals surface area contributed by atoms with Crippen molar-refractivity contribution in [2.75, 3.05) is 6.54 Å². The van der Waals surface area contributed by atoms with Crippen LogP contribution in [0, 0.1) is 0 Å². The van der Waals surface area contributed by atoms with Gasteiger partial charge < -0.3 is 16.6 Å². The van der Waals surface area contributed by atoms with Crippen LogP contribution >= 0.6 is 0 Å². The Hall–Kier alpha value is -1.13. The van der Waals surface area contributed by atoms with Crippen molar-refractivity contribution in [1.82, 2.24) is 0 Å². The van der Waals surface area contributed by atoms with E-state index < -0.39 is 11.5 Å². The highest BCUT2D eigenvalue weighted by Gasteiger charge is 2.26. The van der Waals surface area contributed by atoms with Gasteiger partial charge in [0.1, 0.15) is 0 Å². The van der Waals surface area contributed by atoms with E-state index in [0.717, 1.165) is 0 Å². The molecular weight excluding hydrogens is 156 g/mol. The molecule has 12 heavy (non-hydrogen) atoms. The minimum absolute atomic E-state index is 0.476. The van der Waals surface area contributed by atoms with Crippen molar-refractivity contribution in [1.29, 1.82) is 0 Å². The Morgan fingerprint density at radius 2 is 2.25 bits per heavy atom. The van der Waals surface area contributed by atoms with E-state index in [0.29, 0.717) is 13.0 Å². The van der Waals surface area contributed by atoms with E-state index in [9.17, 15) is 4.79 Å². The molecule has 0 bridgehead atoms. The highest BCUT2D eigenvalue weighted by Crippen LogP contribution is 2.04. The molecule has 0 heterocycles. The van der Waals surface area contributed by atoms with E-state index in [1.165, 1.54) is 12.2 Å². The number of carboxylic acid groups (broad SMARTS) is 1. The number of hydrogen-bond acceptors (Lipinski definition) is 3. The zero-order valence-corrected chi connectivity index (χ0v) is 6.86. The van der Waals surface area contributed by atoms with E-state index in [4.69, 9.17) is 16.6 Å². The number of rotatable bonds is 5. The summed E-state index contributed by atoms with van der Waals surface area (Å²) in [5.74, 6) is -1.12. The third-order valence-electron chi connectivity index (χ3n) is 1.44. The average Bonchev–Trinajstić information content (AvgIpc) is 2.04. The summed E-state index contributed by atoms with van der Waals surface area (Å²) in [7, 11) is 0. The summed E-state index contributed by atoms with van der Waals surface area (Å²) >= 11 is 0. The molecule has 0 fully saturated rings. The molecule has 0 aromatic carbocycles. The van der Waals surface area contributed by atoms with Crippen LogP contribution in [0.25, 0.3) is 0 Å².